The van der Waals surface area contributed by atoms with Gasteiger partial charge < -0.3 is 9.84 Å². The predicted octanol–water partition coefficient (Wildman–Crippen LogP) is 2.44. The molecule has 0 aliphatic rings. The normalized spacial score (nSPS) is 10.5. The zero-order valence-corrected chi connectivity index (χ0v) is 10.9. The van der Waals surface area contributed by atoms with E-state index in [1.165, 1.54) is 0 Å². The molecule has 0 fully saturated rings. The predicted molar refractivity (Wildman–Crippen MR) is 75.2 cm³/mol. The average Bonchev–Trinajstić information content (AvgIpc) is 2.49. The maximum Gasteiger partial charge on any atom is 0.341 e. The number of carboxylic acid groups (broad SMARTS) is 1. The van der Waals surface area contributed by atoms with Gasteiger partial charge in [0, 0.05) is 5.56 Å². The number of rotatable bonds is 4. The van der Waals surface area contributed by atoms with Crippen LogP contribution in [0.2, 0.25) is 0 Å². The number of hydrogen-bond donors (Lipinski definition) is 1. The van der Waals surface area contributed by atoms with Crippen LogP contribution in [-0.2, 0) is 11.2 Å². The summed E-state index contributed by atoms with van der Waals surface area (Å²) in [4.78, 5) is 15.1. The summed E-state index contributed by atoms with van der Waals surface area (Å²) in [6.07, 6.45) is -0.128. The molecule has 0 saturated carbocycles. The Morgan fingerprint density at radius 3 is 2.52 bits per heavy atom. The Morgan fingerprint density at radius 2 is 1.71 bits per heavy atom. The van der Waals surface area contributed by atoms with Gasteiger partial charge in [-0.15, -0.1) is 5.10 Å². The fourth-order valence-electron chi connectivity index (χ4n) is 1.92. The molecule has 104 valence electrons. The lowest BCUT2D eigenvalue weighted by Crippen LogP contribution is -2.03. The highest BCUT2D eigenvalue weighted by atomic mass is 16.5. The molecule has 21 heavy (non-hydrogen) atoms. The van der Waals surface area contributed by atoms with Gasteiger partial charge >= 0.3 is 12.0 Å². The largest absolute Gasteiger partial charge is 0.481 e. The van der Waals surface area contributed by atoms with Crippen molar-refractivity contribution in [3.05, 3.63) is 54.1 Å². The summed E-state index contributed by atoms with van der Waals surface area (Å²) in [6.45, 7) is 0. The molecule has 0 unspecified atom stereocenters. The Balaban J connectivity index is 1.93. The van der Waals surface area contributed by atoms with E-state index in [9.17, 15) is 4.79 Å². The molecule has 6 heteroatoms. The number of para-hydroxylation sites is 2. The number of aromatic nitrogens is 3. The number of hydrogen-bond acceptors (Lipinski definition) is 5. The first-order valence-electron chi connectivity index (χ1n) is 6.29. The van der Waals surface area contributed by atoms with Crippen LogP contribution >= 0.6 is 0 Å². The van der Waals surface area contributed by atoms with Crippen LogP contribution in [0.5, 0.6) is 11.8 Å². The highest BCUT2D eigenvalue weighted by Gasteiger charge is 2.10. The molecule has 0 radical (unpaired) electrons. The van der Waals surface area contributed by atoms with Crippen molar-refractivity contribution in [1.29, 1.82) is 0 Å². The zero-order chi connectivity index (χ0) is 14.7. The van der Waals surface area contributed by atoms with Crippen LogP contribution < -0.4 is 4.74 Å². The Labute approximate surface area is 120 Å². The summed E-state index contributed by atoms with van der Waals surface area (Å²) in [6, 6.07) is 14.3. The second-order valence-electron chi connectivity index (χ2n) is 4.36. The quantitative estimate of drug-likeness (QED) is 0.790. The van der Waals surface area contributed by atoms with Crippen LogP contribution in [0.4, 0.5) is 0 Å². The van der Waals surface area contributed by atoms with E-state index < -0.39 is 5.97 Å². The first kappa shape index (κ1) is 13.0. The van der Waals surface area contributed by atoms with Gasteiger partial charge in [0.25, 0.3) is 0 Å². The van der Waals surface area contributed by atoms with Gasteiger partial charge in [-0.2, -0.15) is 4.98 Å². The Hall–Kier alpha value is -3.02. The van der Waals surface area contributed by atoms with E-state index in [4.69, 9.17) is 9.84 Å². The highest BCUT2D eigenvalue weighted by molar-refractivity contribution is 5.73. The van der Waals surface area contributed by atoms with Gasteiger partial charge in [0.2, 0.25) is 0 Å². The van der Waals surface area contributed by atoms with Crippen LogP contribution in [0.25, 0.3) is 11.0 Å². The van der Waals surface area contributed by atoms with E-state index in [2.05, 4.69) is 15.2 Å². The van der Waals surface area contributed by atoms with Crippen LogP contribution in [0.3, 0.4) is 0 Å². The number of nitrogens with zero attached hydrogens (tertiary/aromatic N) is 3. The fourth-order valence-corrected chi connectivity index (χ4v) is 1.92. The second-order valence-corrected chi connectivity index (χ2v) is 4.36. The van der Waals surface area contributed by atoms with E-state index in [-0.39, 0.29) is 12.4 Å². The van der Waals surface area contributed by atoms with Crippen LogP contribution in [0, 0.1) is 0 Å². The summed E-state index contributed by atoms with van der Waals surface area (Å²) in [5.41, 5.74) is 1.89. The van der Waals surface area contributed by atoms with Gasteiger partial charge in [0.1, 0.15) is 11.3 Å². The van der Waals surface area contributed by atoms with Gasteiger partial charge in [0.15, 0.2) is 0 Å². The maximum absolute atomic E-state index is 10.8. The Kier molecular flexibility index (Phi) is 3.42. The summed E-state index contributed by atoms with van der Waals surface area (Å²) in [5, 5.41) is 16.8. The summed E-state index contributed by atoms with van der Waals surface area (Å²) in [7, 11) is 0. The number of carbonyl (C=O) groups is 1. The lowest BCUT2D eigenvalue weighted by atomic mass is 10.1. The lowest BCUT2D eigenvalue weighted by molar-refractivity contribution is -0.136. The highest BCUT2D eigenvalue weighted by Crippen LogP contribution is 2.23. The molecule has 6 nitrogen and oxygen atoms in total. The third kappa shape index (κ3) is 2.94. The third-order valence-corrected chi connectivity index (χ3v) is 2.86. The monoisotopic (exact) mass is 281 g/mol. The number of aliphatic carboxylic acids is 1. The van der Waals surface area contributed by atoms with E-state index in [0.717, 1.165) is 0 Å². The van der Waals surface area contributed by atoms with E-state index in [1.54, 1.807) is 36.4 Å². The fraction of sp³-hybridized carbons (Fsp3) is 0.0667. The second kappa shape index (κ2) is 5.54. The average molecular weight is 281 g/mol. The van der Waals surface area contributed by atoms with Crippen LogP contribution in [-0.4, -0.2) is 26.3 Å². The van der Waals surface area contributed by atoms with Crippen molar-refractivity contribution in [3.63, 3.8) is 0 Å². The maximum atomic E-state index is 10.8. The summed E-state index contributed by atoms with van der Waals surface area (Å²) in [5.74, 6) is -0.513. The SMILES string of the molecule is O=C(O)Cc1ccccc1Oc1nnc2ccccc2n1. The topological polar surface area (TPSA) is 85.2 Å². The number of carboxylic acids is 1. The molecule has 0 spiro atoms. The molecular formula is C15H11N3O3. The molecule has 1 N–H and O–H groups in total. The van der Waals surface area contributed by atoms with Crippen molar-refractivity contribution in [2.75, 3.05) is 0 Å². The van der Waals surface area contributed by atoms with Crippen molar-refractivity contribution in [1.82, 2.24) is 15.2 Å². The number of fused-ring (bicyclic) bond motifs is 1. The molecule has 0 bridgehead atoms. The smallest absolute Gasteiger partial charge is 0.341 e. The van der Waals surface area contributed by atoms with E-state index >= 15 is 0 Å². The van der Waals surface area contributed by atoms with Crippen molar-refractivity contribution in [2.24, 2.45) is 0 Å². The first-order chi connectivity index (χ1) is 10.2. The molecule has 3 aromatic rings. The minimum Gasteiger partial charge on any atom is -0.481 e. The minimum absolute atomic E-state index is 0.0894. The molecule has 0 aliphatic heterocycles. The van der Waals surface area contributed by atoms with Crippen molar-refractivity contribution in [2.45, 2.75) is 6.42 Å². The van der Waals surface area contributed by atoms with Gasteiger partial charge in [0.05, 0.1) is 11.9 Å². The van der Waals surface area contributed by atoms with E-state index in [1.807, 2.05) is 12.1 Å². The zero-order valence-electron chi connectivity index (χ0n) is 10.9. The molecule has 1 aromatic heterocycles. The molecule has 0 aliphatic carbocycles. The molecule has 3 rings (SSSR count). The molecule has 0 amide bonds. The van der Waals surface area contributed by atoms with Crippen molar-refractivity contribution >= 4 is 17.0 Å². The molecule has 0 atom stereocenters. The van der Waals surface area contributed by atoms with Gasteiger partial charge in [-0.05, 0) is 18.2 Å². The Morgan fingerprint density at radius 1 is 1.00 bits per heavy atom. The first-order valence-corrected chi connectivity index (χ1v) is 6.29. The minimum atomic E-state index is -0.927. The number of ether oxygens (including phenoxy) is 1. The number of benzene rings is 2. The van der Waals surface area contributed by atoms with Crippen LogP contribution in [0.15, 0.2) is 48.5 Å². The summed E-state index contributed by atoms with van der Waals surface area (Å²) < 4.78 is 5.57. The van der Waals surface area contributed by atoms with Gasteiger partial charge in [-0.3, -0.25) is 4.79 Å². The van der Waals surface area contributed by atoms with Crippen molar-refractivity contribution in [3.8, 4) is 11.8 Å². The summed E-state index contributed by atoms with van der Waals surface area (Å²) >= 11 is 0. The van der Waals surface area contributed by atoms with Gasteiger partial charge in [-0.25, -0.2) is 0 Å². The molecule has 2 aromatic carbocycles. The standard InChI is InChI=1S/C15H11N3O3/c19-14(20)9-10-5-1-4-8-13(10)21-15-16-11-6-2-3-7-12(11)17-18-15/h1-8H,9H2,(H,19,20). The Bertz CT molecular complexity index is 805. The molecular weight excluding hydrogens is 270 g/mol. The third-order valence-electron chi connectivity index (χ3n) is 2.86. The van der Waals surface area contributed by atoms with Gasteiger partial charge in [-0.1, -0.05) is 35.4 Å². The molecule has 1 heterocycles. The lowest BCUT2D eigenvalue weighted by Gasteiger charge is -2.08. The van der Waals surface area contributed by atoms with Crippen molar-refractivity contribution < 1.29 is 14.6 Å². The van der Waals surface area contributed by atoms with E-state index in [0.29, 0.717) is 22.3 Å². The van der Waals surface area contributed by atoms with Crippen LogP contribution in [0.1, 0.15) is 5.56 Å². The molecule has 0 saturated heterocycles.